The number of nitrogens with zero attached hydrogens (tertiary/aromatic N) is 2. The first kappa shape index (κ1) is 18.1. The Morgan fingerprint density at radius 2 is 1.38 bits per heavy atom. The van der Waals surface area contributed by atoms with E-state index in [1.54, 1.807) is 11.3 Å². The number of halogens is 1. The molecule has 2 aromatic heterocycles. The molecular formula is C28H16ClN2S+. The Hall–Kier alpha value is -3.53. The van der Waals surface area contributed by atoms with Gasteiger partial charge in [-0.25, -0.2) is 4.98 Å². The maximum absolute atomic E-state index is 6.60. The predicted octanol–water partition coefficient (Wildman–Crippen LogP) is 7.84. The van der Waals surface area contributed by atoms with Crippen molar-refractivity contribution in [1.29, 1.82) is 0 Å². The van der Waals surface area contributed by atoms with Crippen LogP contribution < -0.4 is 4.57 Å². The molecular weight excluding hydrogens is 432 g/mol. The average Bonchev–Trinajstić information content (AvgIpc) is 3.22. The summed E-state index contributed by atoms with van der Waals surface area (Å²) in [5.74, 6) is 0. The summed E-state index contributed by atoms with van der Waals surface area (Å²) in [4.78, 5) is 5.88. The number of hydrogen-bond donors (Lipinski definition) is 0. The zero-order valence-electron chi connectivity index (χ0n) is 16.9. The molecule has 0 radical (unpaired) electrons. The lowest BCUT2D eigenvalue weighted by Crippen LogP contribution is -2.31. The van der Waals surface area contributed by atoms with Crippen LogP contribution in [0.5, 0.6) is 0 Å². The zero-order valence-corrected chi connectivity index (χ0v) is 18.5. The Balaban J connectivity index is 1.63. The van der Waals surface area contributed by atoms with Gasteiger partial charge in [0.05, 0.1) is 5.39 Å². The van der Waals surface area contributed by atoms with Gasteiger partial charge in [-0.05, 0) is 39.1 Å². The van der Waals surface area contributed by atoms with Crippen LogP contribution in [-0.4, -0.2) is 4.98 Å². The van der Waals surface area contributed by atoms with E-state index in [2.05, 4.69) is 95.6 Å². The van der Waals surface area contributed by atoms with Gasteiger partial charge in [-0.3, -0.25) is 0 Å². The van der Waals surface area contributed by atoms with Gasteiger partial charge in [0.25, 0.3) is 4.83 Å². The van der Waals surface area contributed by atoms with Crippen molar-refractivity contribution >= 4 is 75.7 Å². The van der Waals surface area contributed by atoms with Gasteiger partial charge in [-0.2, -0.15) is 0 Å². The summed E-state index contributed by atoms with van der Waals surface area (Å²) in [6.45, 7) is 0. The lowest BCUT2D eigenvalue weighted by Gasteiger charge is -2.06. The maximum atomic E-state index is 6.60. The second-order valence-electron chi connectivity index (χ2n) is 8.01. The smallest absolute Gasteiger partial charge is 0.222 e. The fraction of sp³-hybridized carbons (Fsp3) is 0. The molecule has 0 aliphatic carbocycles. The summed E-state index contributed by atoms with van der Waals surface area (Å²) in [6, 6.07) is 32.3. The highest BCUT2D eigenvalue weighted by molar-refractivity contribution is 7.25. The van der Waals surface area contributed by atoms with Crippen molar-refractivity contribution in [2.45, 2.75) is 0 Å². The van der Waals surface area contributed by atoms with Crippen LogP contribution in [-0.2, 0) is 0 Å². The number of thiophene rings is 1. The molecule has 0 unspecified atom stereocenters. The summed E-state index contributed by atoms with van der Waals surface area (Å²) in [5, 5.41) is 9.02. The largest absolute Gasteiger partial charge is 0.294 e. The molecule has 2 nitrogen and oxygen atoms in total. The van der Waals surface area contributed by atoms with Crippen molar-refractivity contribution in [3.8, 4) is 5.69 Å². The molecule has 7 aromatic rings. The SMILES string of the molecule is Clc1c[n+](-c2cccc3c2ccc2ccccc23)c2sc3ccc4ccccc4c3c2n1. The molecule has 0 amide bonds. The minimum atomic E-state index is 0.489. The van der Waals surface area contributed by atoms with Crippen LogP contribution in [0.1, 0.15) is 0 Å². The Morgan fingerprint density at radius 1 is 0.656 bits per heavy atom. The van der Waals surface area contributed by atoms with E-state index in [1.165, 1.54) is 42.4 Å². The van der Waals surface area contributed by atoms with Crippen molar-refractivity contribution in [3.63, 3.8) is 0 Å². The van der Waals surface area contributed by atoms with Crippen molar-refractivity contribution in [1.82, 2.24) is 4.98 Å². The van der Waals surface area contributed by atoms with Crippen LogP contribution in [0, 0.1) is 0 Å². The molecule has 4 heteroatoms. The number of benzene rings is 5. The Morgan fingerprint density at radius 3 is 2.25 bits per heavy atom. The highest BCUT2D eigenvalue weighted by Gasteiger charge is 2.23. The van der Waals surface area contributed by atoms with Gasteiger partial charge in [0, 0.05) is 16.2 Å². The highest BCUT2D eigenvalue weighted by Crippen LogP contribution is 2.37. The molecule has 5 aromatic carbocycles. The topological polar surface area (TPSA) is 16.8 Å². The predicted molar refractivity (Wildman–Crippen MR) is 136 cm³/mol. The quantitative estimate of drug-likeness (QED) is 0.185. The first-order valence-corrected chi connectivity index (χ1v) is 11.7. The van der Waals surface area contributed by atoms with E-state index in [9.17, 15) is 0 Å². The Bertz CT molecular complexity index is 1850. The van der Waals surface area contributed by atoms with E-state index in [4.69, 9.17) is 16.6 Å². The van der Waals surface area contributed by atoms with Gasteiger partial charge < -0.3 is 0 Å². The first-order valence-electron chi connectivity index (χ1n) is 10.5. The first-order chi connectivity index (χ1) is 15.8. The molecule has 7 rings (SSSR count). The van der Waals surface area contributed by atoms with E-state index in [0.717, 1.165) is 16.0 Å². The van der Waals surface area contributed by atoms with Crippen LogP contribution in [0.25, 0.3) is 58.4 Å². The van der Waals surface area contributed by atoms with Crippen molar-refractivity contribution in [3.05, 3.63) is 102 Å². The maximum Gasteiger partial charge on any atom is 0.294 e. The number of hydrogen-bond acceptors (Lipinski definition) is 2. The molecule has 0 aliphatic rings. The standard InChI is InChI=1S/C28H16ClN2S/c29-25-16-31(23-11-5-10-21-19-8-3-1-6-17(19)12-14-22(21)23)28-27(30-25)26-20-9-4-2-7-18(20)13-15-24(26)32-28/h1-16H/q+1. The fourth-order valence-corrected chi connectivity index (χ4v) is 6.15. The van der Waals surface area contributed by atoms with Crippen molar-refractivity contribution in [2.24, 2.45) is 0 Å². The summed E-state index contributed by atoms with van der Waals surface area (Å²) in [6.07, 6.45) is 1.94. The van der Waals surface area contributed by atoms with Gasteiger partial charge in [0.2, 0.25) is 11.9 Å². The minimum Gasteiger partial charge on any atom is -0.222 e. The van der Waals surface area contributed by atoms with E-state index in [0.29, 0.717) is 5.15 Å². The second-order valence-corrected chi connectivity index (χ2v) is 9.43. The number of rotatable bonds is 1. The molecule has 32 heavy (non-hydrogen) atoms. The van der Waals surface area contributed by atoms with E-state index in [1.807, 2.05) is 6.20 Å². The molecule has 150 valence electrons. The fourth-order valence-electron chi connectivity index (χ4n) is 4.82. The number of fused-ring (bicyclic) bond motifs is 8. The molecule has 2 heterocycles. The minimum absolute atomic E-state index is 0.489. The van der Waals surface area contributed by atoms with Gasteiger partial charge >= 0.3 is 0 Å². The summed E-state index contributed by atoms with van der Waals surface area (Å²) in [5.41, 5.74) is 2.06. The van der Waals surface area contributed by atoms with Crippen molar-refractivity contribution in [2.75, 3.05) is 0 Å². The third-order valence-corrected chi connectivity index (χ3v) is 7.56. The van der Waals surface area contributed by atoms with Crippen LogP contribution in [0.15, 0.2) is 97.2 Å². The van der Waals surface area contributed by atoms with Crippen LogP contribution >= 0.6 is 22.9 Å². The Kier molecular flexibility index (Phi) is 3.80. The lowest BCUT2D eigenvalue weighted by atomic mass is 10.0. The van der Waals surface area contributed by atoms with Gasteiger partial charge in [0.1, 0.15) is 0 Å². The molecule has 0 N–H and O–H groups in total. The van der Waals surface area contributed by atoms with Gasteiger partial charge in [-0.15, -0.1) is 4.57 Å². The molecule has 0 saturated carbocycles. The van der Waals surface area contributed by atoms with E-state index >= 15 is 0 Å². The molecule has 0 saturated heterocycles. The monoisotopic (exact) mass is 447 g/mol. The summed E-state index contributed by atoms with van der Waals surface area (Å²) in [7, 11) is 0. The zero-order chi connectivity index (χ0) is 21.2. The normalized spacial score (nSPS) is 11.9. The molecule has 0 atom stereocenters. The highest BCUT2D eigenvalue weighted by atomic mass is 35.5. The third-order valence-electron chi connectivity index (χ3n) is 6.23. The van der Waals surface area contributed by atoms with Gasteiger partial charge in [-0.1, -0.05) is 95.7 Å². The number of aromatic nitrogens is 2. The molecule has 0 fully saturated rings. The second kappa shape index (κ2) is 6.73. The molecule has 0 bridgehead atoms. The molecule has 0 aliphatic heterocycles. The van der Waals surface area contributed by atoms with Crippen molar-refractivity contribution < 1.29 is 4.57 Å². The van der Waals surface area contributed by atoms with Crippen LogP contribution in [0.4, 0.5) is 0 Å². The third kappa shape index (κ3) is 2.52. The average molecular weight is 448 g/mol. The summed E-state index contributed by atoms with van der Waals surface area (Å²) < 4.78 is 3.43. The van der Waals surface area contributed by atoms with Gasteiger partial charge in [0.15, 0.2) is 10.7 Å². The van der Waals surface area contributed by atoms with E-state index in [-0.39, 0.29) is 0 Å². The summed E-state index contributed by atoms with van der Waals surface area (Å²) >= 11 is 8.36. The van der Waals surface area contributed by atoms with Crippen LogP contribution in [0.3, 0.4) is 0 Å². The molecule has 0 spiro atoms. The van der Waals surface area contributed by atoms with E-state index < -0.39 is 0 Å². The Labute approximate surface area is 192 Å². The van der Waals surface area contributed by atoms with Crippen LogP contribution in [0.2, 0.25) is 5.15 Å². The lowest BCUT2D eigenvalue weighted by molar-refractivity contribution is -0.563.